The molecule has 0 bridgehead atoms. The molecule has 2 heterocycles. The lowest BCUT2D eigenvalue weighted by atomic mass is 10.3. The predicted octanol–water partition coefficient (Wildman–Crippen LogP) is 2.06. The Morgan fingerprint density at radius 1 is 0.967 bits per heavy atom. The summed E-state index contributed by atoms with van der Waals surface area (Å²) >= 11 is 0. The number of anilines is 1. The van der Waals surface area contributed by atoms with Gasteiger partial charge in [0.1, 0.15) is 0 Å². The van der Waals surface area contributed by atoms with Gasteiger partial charge in [-0.1, -0.05) is 24.3 Å². The van der Waals surface area contributed by atoms with Crippen LogP contribution in [0, 0.1) is 0 Å². The Morgan fingerprint density at radius 2 is 1.70 bits per heavy atom. The lowest BCUT2D eigenvalue weighted by molar-refractivity contribution is 0.102. The van der Waals surface area contributed by atoms with E-state index in [2.05, 4.69) is 15.3 Å². The summed E-state index contributed by atoms with van der Waals surface area (Å²) < 4.78 is 29.0. The Hall–Kier alpha value is -3.01. The number of rotatable bonds is 5. The fraction of sp³-hybridized carbons (Fsp3) is 0.238. The topological polar surface area (TPSA) is 87.5 Å². The van der Waals surface area contributed by atoms with E-state index in [0.29, 0.717) is 31.9 Å². The Morgan fingerprint density at radius 3 is 2.43 bits per heavy atom. The summed E-state index contributed by atoms with van der Waals surface area (Å²) in [6.07, 6.45) is 1.71. The van der Waals surface area contributed by atoms with Crippen molar-refractivity contribution in [1.82, 2.24) is 19.0 Å². The highest BCUT2D eigenvalue weighted by Gasteiger charge is 2.27. The van der Waals surface area contributed by atoms with Gasteiger partial charge in [-0.05, 0) is 43.4 Å². The Balaban J connectivity index is 1.49. The van der Waals surface area contributed by atoms with E-state index >= 15 is 0 Å². The molecule has 0 unspecified atom stereocenters. The van der Waals surface area contributed by atoms with Gasteiger partial charge in [0, 0.05) is 38.1 Å². The minimum absolute atomic E-state index is 0.166. The zero-order valence-corrected chi connectivity index (χ0v) is 17.4. The number of nitrogens with one attached hydrogen (secondary N) is 1. The van der Waals surface area contributed by atoms with E-state index in [1.165, 1.54) is 10.4 Å². The van der Waals surface area contributed by atoms with Gasteiger partial charge >= 0.3 is 0 Å². The molecular weight excluding hydrogens is 402 g/mol. The van der Waals surface area contributed by atoms with Crippen LogP contribution in [0.1, 0.15) is 10.5 Å². The molecule has 1 aromatic heterocycles. The SMILES string of the molecule is CN1CCN(S(=O)(=O)c2cccc(NC(=O)c3ccn(-c4ccccc4)n3)c2)CC1. The van der Waals surface area contributed by atoms with E-state index < -0.39 is 15.9 Å². The molecule has 2 aromatic carbocycles. The van der Waals surface area contributed by atoms with Crippen molar-refractivity contribution in [1.29, 1.82) is 0 Å². The molecule has 1 fully saturated rings. The number of likely N-dealkylation sites (N-methyl/N-ethyl adjacent to an activating group) is 1. The molecule has 30 heavy (non-hydrogen) atoms. The standard InChI is InChI=1S/C21H23N5O3S/c1-24-12-14-25(15-13-24)30(28,29)19-9-5-6-17(16-19)22-21(27)20-10-11-26(23-20)18-7-3-2-4-8-18/h2-11,16H,12-15H2,1H3,(H,22,27). The molecule has 1 aliphatic heterocycles. The maximum atomic E-state index is 12.9. The number of hydrogen-bond donors (Lipinski definition) is 1. The van der Waals surface area contributed by atoms with Crippen LogP contribution in [-0.2, 0) is 10.0 Å². The van der Waals surface area contributed by atoms with Crippen molar-refractivity contribution in [3.63, 3.8) is 0 Å². The summed E-state index contributed by atoms with van der Waals surface area (Å²) in [5, 5.41) is 7.04. The van der Waals surface area contributed by atoms with E-state index in [0.717, 1.165) is 5.69 Å². The number of carbonyl (C=O) groups excluding carboxylic acids is 1. The van der Waals surface area contributed by atoms with E-state index in [-0.39, 0.29) is 10.6 Å². The second-order valence-electron chi connectivity index (χ2n) is 7.17. The molecule has 1 N–H and O–H groups in total. The van der Waals surface area contributed by atoms with E-state index in [1.54, 1.807) is 35.1 Å². The van der Waals surface area contributed by atoms with Crippen molar-refractivity contribution >= 4 is 21.6 Å². The second kappa shape index (κ2) is 8.39. The van der Waals surface area contributed by atoms with Gasteiger partial charge in [-0.2, -0.15) is 9.40 Å². The summed E-state index contributed by atoms with van der Waals surface area (Å²) in [5.74, 6) is -0.404. The molecule has 0 saturated carbocycles. The Labute approximate surface area is 175 Å². The summed E-state index contributed by atoms with van der Waals surface area (Å²) in [6, 6.07) is 17.4. The molecule has 9 heteroatoms. The lowest BCUT2D eigenvalue weighted by Crippen LogP contribution is -2.47. The molecule has 3 aromatic rings. The molecule has 0 radical (unpaired) electrons. The third-order valence-electron chi connectivity index (χ3n) is 5.03. The first kappa shape index (κ1) is 20.3. The van der Waals surface area contributed by atoms with Crippen molar-refractivity contribution < 1.29 is 13.2 Å². The molecule has 156 valence electrons. The molecule has 0 atom stereocenters. The highest BCUT2D eigenvalue weighted by molar-refractivity contribution is 7.89. The number of para-hydroxylation sites is 1. The van der Waals surface area contributed by atoms with Gasteiger partial charge in [0.2, 0.25) is 10.0 Å². The van der Waals surface area contributed by atoms with Crippen LogP contribution in [-0.4, -0.2) is 66.5 Å². The average Bonchev–Trinajstić information content (AvgIpc) is 3.25. The highest BCUT2D eigenvalue weighted by Crippen LogP contribution is 2.21. The fourth-order valence-corrected chi connectivity index (χ4v) is 4.75. The smallest absolute Gasteiger partial charge is 0.276 e. The first-order valence-electron chi connectivity index (χ1n) is 9.65. The Bertz CT molecular complexity index is 1140. The van der Waals surface area contributed by atoms with Gasteiger partial charge in [-0.15, -0.1) is 0 Å². The summed E-state index contributed by atoms with van der Waals surface area (Å²) in [5.41, 5.74) is 1.49. The first-order valence-corrected chi connectivity index (χ1v) is 11.1. The number of piperazine rings is 1. The van der Waals surface area contributed by atoms with Crippen LogP contribution in [0.15, 0.2) is 71.8 Å². The van der Waals surface area contributed by atoms with Gasteiger partial charge < -0.3 is 10.2 Å². The van der Waals surface area contributed by atoms with Crippen molar-refractivity contribution in [3.8, 4) is 5.69 Å². The minimum atomic E-state index is -3.60. The van der Waals surface area contributed by atoms with Crippen LogP contribution in [0.25, 0.3) is 5.69 Å². The molecule has 8 nitrogen and oxygen atoms in total. The first-order chi connectivity index (χ1) is 14.4. The zero-order valence-electron chi connectivity index (χ0n) is 16.6. The number of amides is 1. The van der Waals surface area contributed by atoms with Crippen molar-refractivity contribution in [2.75, 3.05) is 38.5 Å². The monoisotopic (exact) mass is 425 g/mol. The van der Waals surface area contributed by atoms with E-state index in [9.17, 15) is 13.2 Å². The zero-order chi connectivity index (χ0) is 21.1. The molecule has 0 spiro atoms. The molecule has 1 aliphatic rings. The average molecular weight is 426 g/mol. The van der Waals surface area contributed by atoms with E-state index in [4.69, 9.17) is 0 Å². The van der Waals surface area contributed by atoms with Gasteiger partial charge in [-0.25, -0.2) is 13.1 Å². The predicted molar refractivity (Wildman–Crippen MR) is 114 cm³/mol. The number of nitrogens with zero attached hydrogens (tertiary/aromatic N) is 4. The van der Waals surface area contributed by atoms with Crippen LogP contribution >= 0.6 is 0 Å². The molecule has 1 saturated heterocycles. The number of aromatic nitrogens is 2. The van der Waals surface area contributed by atoms with Gasteiger partial charge in [0.25, 0.3) is 5.91 Å². The Kier molecular flexibility index (Phi) is 5.67. The van der Waals surface area contributed by atoms with Crippen molar-refractivity contribution in [3.05, 3.63) is 72.6 Å². The van der Waals surface area contributed by atoms with Crippen LogP contribution < -0.4 is 5.32 Å². The van der Waals surface area contributed by atoms with Crippen LogP contribution in [0.3, 0.4) is 0 Å². The van der Waals surface area contributed by atoms with Gasteiger partial charge in [0.05, 0.1) is 10.6 Å². The maximum Gasteiger partial charge on any atom is 0.276 e. The second-order valence-corrected chi connectivity index (χ2v) is 9.11. The maximum absolute atomic E-state index is 12.9. The fourth-order valence-electron chi connectivity index (χ4n) is 3.28. The quantitative estimate of drug-likeness (QED) is 0.676. The highest BCUT2D eigenvalue weighted by atomic mass is 32.2. The minimum Gasteiger partial charge on any atom is -0.321 e. The van der Waals surface area contributed by atoms with Crippen LogP contribution in [0.4, 0.5) is 5.69 Å². The number of hydrogen-bond acceptors (Lipinski definition) is 5. The lowest BCUT2D eigenvalue weighted by Gasteiger charge is -2.31. The largest absolute Gasteiger partial charge is 0.321 e. The van der Waals surface area contributed by atoms with Gasteiger partial charge in [0.15, 0.2) is 5.69 Å². The number of benzene rings is 2. The van der Waals surface area contributed by atoms with Crippen molar-refractivity contribution in [2.24, 2.45) is 0 Å². The molecule has 1 amide bonds. The van der Waals surface area contributed by atoms with Gasteiger partial charge in [-0.3, -0.25) is 4.79 Å². The number of sulfonamides is 1. The normalized spacial score (nSPS) is 15.8. The molecule has 0 aliphatic carbocycles. The third-order valence-corrected chi connectivity index (χ3v) is 6.93. The number of carbonyl (C=O) groups is 1. The molecule has 4 rings (SSSR count). The summed E-state index contributed by atoms with van der Waals surface area (Å²) in [4.78, 5) is 14.9. The van der Waals surface area contributed by atoms with Crippen LogP contribution in [0.5, 0.6) is 0 Å². The van der Waals surface area contributed by atoms with E-state index in [1.807, 2.05) is 37.4 Å². The summed E-state index contributed by atoms with van der Waals surface area (Å²) in [7, 11) is -1.63. The summed E-state index contributed by atoms with van der Waals surface area (Å²) in [6.45, 7) is 2.29. The molecular formula is C21H23N5O3S. The van der Waals surface area contributed by atoms with Crippen LogP contribution in [0.2, 0.25) is 0 Å². The third kappa shape index (κ3) is 4.28. The van der Waals surface area contributed by atoms with Crippen molar-refractivity contribution in [2.45, 2.75) is 4.90 Å².